The number of para-hydroxylation sites is 6. The van der Waals surface area contributed by atoms with E-state index < -0.39 is 0 Å². The minimum Gasteiger partial charge on any atom is -0.458 e. The van der Waals surface area contributed by atoms with Crippen LogP contribution in [0.2, 0.25) is 0 Å². The highest BCUT2D eigenvalue weighted by molar-refractivity contribution is 6.98. The highest BCUT2D eigenvalue weighted by Gasteiger charge is 2.40. The van der Waals surface area contributed by atoms with Crippen molar-refractivity contribution in [2.24, 2.45) is 0 Å². The molecule has 380 valence electrons. The van der Waals surface area contributed by atoms with Crippen LogP contribution < -0.4 is 35.3 Å². The fraction of sp³-hybridized carbons (Fsp3) is 0.0137. The van der Waals surface area contributed by atoms with Crippen molar-refractivity contribution in [2.45, 2.75) is 7.43 Å². The Labute approximate surface area is 464 Å². The van der Waals surface area contributed by atoms with Crippen LogP contribution in [0.1, 0.15) is 7.43 Å². The summed E-state index contributed by atoms with van der Waals surface area (Å²) in [5.41, 5.74) is 15.2. The average Bonchev–Trinajstić information content (AvgIpc) is 4.11. The Morgan fingerprint density at radius 3 is 1.18 bits per heavy atom. The number of aromatic nitrogens is 2. The Balaban J connectivity index is 0.000000142. The Bertz CT molecular complexity index is 4480. The molecule has 2 aromatic heterocycles. The molecule has 0 unspecified atom stereocenters. The quantitative estimate of drug-likeness (QED) is 0.142. The summed E-state index contributed by atoms with van der Waals surface area (Å²) in [5.74, 6) is 6.58. The molecule has 4 heterocycles. The zero-order valence-electron chi connectivity index (χ0n) is 42.7. The molecule has 14 aromatic rings. The van der Waals surface area contributed by atoms with Gasteiger partial charge in [-0.05, 0) is 142 Å². The van der Waals surface area contributed by atoms with Crippen LogP contribution in [0.5, 0.6) is 46.0 Å². The Kier molecular flexibility index (Phi) is 12.1. The second-order valence-electron chi connectivity index (χ2n) is 19.9. The third-order valence-corrected chi connectivity index (χ3v) is 15.3. The van der Waals surface area contributed by atoms with Crippen molar-refractivity contribution in [3.8, 4) is 79.6 Å². The molecule has 80 heavy (non-hydrogen) atoms. The summed E-state index contributed by atoms with van der Waals surface area (Å²) in [4.78, 5) is 0. The molecule has 0 bridgehead atoms. The van der Waals surface area contributed by atoms with Crippen LogP contribution in [0.3, 0.4) is 0 Å². The first-order valence-corrected chi connectivity index (χ1v) is 26.7. The van der Waals surface area contributed by atoms with E-state index in [1.54, 1.807) is 0 Å². The second kappa shape index (κ2) is 20.1. The number of hydrogen-bond donors (Lipinski definition) is 0. The molecule has 0 radical (unpaired) electrons. The second-order valence-corrected chi connectivity index (χ2v) is 19.9. The van der Waals surface area contributed by atoms with E-state index in [4.69, 9.17) is 18.9 Å². The first-order chi connectivity index (χ1) is 39.1. The number of ether oxygens (including phenoxy) is 4. The first-order valence-electron chi connectivity index (χ1n) is 26.7. The number of fused-ring (bicyclic) bond motifs is 10. The molecule has 7 heteroatoms. The van der Waals surface area contributed by atoms with Crippen molar-refractivity contribution in [1.82, 2.24) is 9.13 Å². The van der Waals surface area contributed by atoms with Crippen LogP contribution in [0.15, 0.2) is 285 Å². The maximum atomic E-state index is 6.40. The molecule has 12 aromatic carbocycles. The molecule has 0 saturated heterocycles. The van der Waals surface area contributed by atoms with Gasteiger partial charge in [-0.25, -0.2) is 0 Å². The van der Waals surface area contributed by atoms with Crippen molar-refractivity contribution >= 4 is 66.7 Å². The van der Waals surface area contributed by atoms with Crippen molar-refractivity contribution in [3.63, 3.8) is 0 Å². The van der Waals surface area contributed by atoms with Gasteiger partial charge in [0, 0.05) is 44.4 Å². The predicted octanol–water partition coefficient (Wildman–Crippen LogP) is 17.8. The van der Waals surface area contributed by atoms with Crippen molar-refractivity contribution < 1.29 is 18.9 Å². The van der Waals surface area contributed by atoms with E-state index in [-0.39, 0.29) is 14.1 Å². The monoisotopic (exact) mass is 1030 g/mol. The summed E-state index contributed by atoms with van der Waals surface area (Å²) in [6, 6.07) is 98.6. The van der Waals surface area contributed by atoms with E-state index in [1.165, 1.54) is 65.7 Å². The van der Waals surface area contributed by atoms with Gasteiger partial charge in [-0.15, -0.1) is 0 Å². The normalized spacial score (nSPS) is 11.8. The van der Waals surface area contributed by atoms with Crippen molar-refractivity contribution in [3.05, 3.63) is 285 Å². The van der Waals surface area contributed by atoms with Crippen molar-refractivity contribution in [1.29, 1.82) is 0 Å². The van der Waals surface area contributed by atoms with Crippen LogP contribution in [-0.4, -0.2) is 15.8 Å². The Morgan fingerprint density at radius 2 is 0.650 bits per heavy atom. The van der Waals surface area contributed by atoms with E-state index in [1.807, 2.05) is 91.0 Å². The topological polar surface area (TPSA) is 46.8 Å². The van der Waals surface area contributed by atoms with Crippen molar-refractivity contribution in [2.75, 3.05) is 0 Å². The number of nitrogens with zero attached hydrogens (tertiary/aromatic N) is 2. The molecule has 0 amide bonds. The largest absolute Gasteiger partial charge is 0.458 e. The van der Waals surface area contributed by atoms with Gasteiger partial charge in [0.05, 0.1) is 22.1 Å². The molecule has 0 saturated carbocycles. The SMILES string of the molecule is C.c1ccc(Oc2cccc(Oc3ccc(-c4ccc(-n5c6ccccc6c6ccccc65)cc4)cc3)c2)cc1.c1ccc2c(c1)Oc1cccc3c1B2c1cc(-c2ccc(-n4c5ccccc5c5ccccc54)cc2)ccc1O3. The lowest BCUT2D eigenvalue weighted by Gasteiger charge is -2.33. The maximum Gasteiger partial charge on any atom is 0.260 e. The summed E-state index contributed by atoms with van der Waals surface area (Å²) >= 11 is 0. The molecule has 0 spiro atoms. The summed E-state index contributed by atoms with van der Waals surface area (Å²) in [6.45, 7) is 0.0664. The molecule has 16 rings (SSSR count). The molecular formula is C73H51BN2O4. The lowest BCUT2D eigenvalue weighted by Crippen LogP contribution is -2.57. The lowest BCUT2D eigenvalue weighted by atomic mass is 9.35. The van der Waals surface area contributed by atoms with Crippen LogP contribution in [-0.2, 0) is 0 Å². The third kappa shape index (κ3) is 8.49. The minimum atomic E-state index is 0. The number of hydrogen-bond acceptors (Lipinski definition) is 4. The van der Waals surface area contributed by atoms with Crippen LogP contribution in [0, 0.1) is 0 Å². The first kappa shape index (κ1) is 47.9. The standard InChI is InChI=1S/C36H22BNO2.C36H25NO2.CH4/c1-4-11-30-26(8-1)27-9-2-5-12-31(27)38(30)25-19-16-23(17-20-25)24-18-21-33-29(22-24)37-28-10-3-6-13-32(28)39-34-14-7-15-35(40-33)36(34)37;1-2-9-29(10-3-1)38-31-11-8-12-32(25-31)39-30-23-19-27(20-24-30)26-17-21-28(22-18-26)37-35-15-6-4-13-33(35)34-14-5-7-16-36(34)37;/h1-22H;1-25H;1H4. The van der Waals surface area contributed by atoms with Crippen LogP contribution in [0.4, 0.5) is 0 Å². The predicted molar refractivity (Wildman–Crippen MR) is 330 cm³/mol. The van der Waals surface area contributed by atoms with Gasteiger partial charge in [-0.3, -0.25) is 0 Å². The molecule has 0 atom stereocenters. The minimum absolute atomic E-state index is 0. The third-order valence-electron chi connectivity index (χ3n) is 15.3. The van der Waals surface area contributed by atoms with E-state index in [0.29, 0.717) is 0 Å². The van der Waals surface area contributed by atoms with Gasteiger partial charge in [-0.1, -0.05) is 177 Å². The molecule has 0 N–H and O–H groups in total. The van der Waals surface area contributed by atoms with Gasteiger partial charge >= 0.3 is 0 Å². The summed E-state index contributed by atoms with van der Waals surface area (Å²) in [5, 5.41) is 5.08. The Hall–Kier alpha value is -10.5. The molecule has 6 nitrogen and oxygen atoms in total. The highest BCUT2D eigenvalue weighted by atomic mass is 16.5. The summed E-state index contributed by atoms with van der Waals surface area (Å²) < 4.78 is 29.4. The number of benzene rings is 12. The summed E-state index contributed by atoms with van der Waals surface area (Å²) in [7, 11) is 0. The molecular weight excluding hydrogens is 980 g/mol. The van der Waals surface area contributed by atoms with Gasteiger partial charge in [0.1, 0.15) is 46.0 Å². The zero-order valence-corrected chi connectivity index (χ0v) is 42.7. The van der Waals surface area contributed by atoms with Gasteiger partial charge < -0.3 is 28.1 Å². The molecule has 0 aliphatic carbocycles. The highest BCUT2D eigenvalue weighted by Crippen LogP contribution is 2.38. The van der Waals surface area contributed by atoms with Gasteiger partial charge in [0.25, 0.3) is 6.71 Å². The smallest absolute Gasteiger partial charge is 0.260 e. The fourth-order valence-corrected chi connectivity index (χ4v) is 11.6. The van der Waals surface area contributed by atoms with Gasteiger partial charge in [0.2, 0.25) is 0 Å². The number of rotatable bonds is 8. The van der Waals surface area contributed by atoms with Gasteiger partial charge in [-0.2, -0.15) is 0 Å². The maximum absolute atomic E-state index is 6.40. The van der Waals surface area contributed by atoms with Crippen LogP contribution in [0.25, 0.3) is 77.2 Å². The fourth-order valence-electron chi connectivity index (χ4n) is 11.6. The van der Waals surface area contributed by atoms with Gasteiger partial charge in [0.15, 0.2) is 0 Å². The molecule has 2 aliphatic heterocycles. The van der Waals surface area contributed by atoms with Crippen LogP contribution >= 0.6 is 0 Å². The van der Waals surface area contributed by atoms with E-state index >= 15 is 0 Å². The summed E-state index contributed by atoms with van der Waals surface area (Å²) in [6.07, 6.45) is 0. The van der Waals surface area contributed by atoms with E-state index in [9.17, 15) is 0 Å². The average molecular weight is 1030 g/mol. The lowest BCUT2D eigenvalue weighted by molar-refractivity contribution is 0.460. The molecule has 0 fully saturated rings. The van der Waals surface area contributed by atoms with E-state index in [0.717, 1.165) is 74.0 Å². The zero-order chi connectivity index (χ0) is 52.2. The molecule has 2 aliphatic rings. The van der Waals surface area contributed by atoms with E-state index in [2.05, 4.69) is 203 Å². The Morgan fingerprint density at radius 1 is 0.275 bits per heavy atom.